The Hall–Kier alpha value is -2.05. The maximum Gasteiger partial charge on any atom is 0.261 e. The number of carbonyl (C=O) groups excluding carboxylic acids is 1. The summed E-state index contributed by atoms with van der Waals surface area (Å²) in [5, 5.41) is 3.10. The number of carbonyl (C=O) groups is 1. The summed E-state index contributed by atoms with van der Waals surface area (Å²) in [6.07, 6.45) is 2.65. The Balaban J connectivity index is 1.43. The fourth-order valence-corrected chi connectivity index (χ4v) is 4.58. The van der Waals surface area contributed by atoms with E-state index in [1.165, 1.54) is 23.3 Å². The fourth-order valence-electron chi connectivity index (χ4n) is 3.48. The second-order valence-electron chi connectivity index (χ2n) is 7.00. The smallest absolute Gasteiger partial charge is 0.261 e. The lowest BCUT2D eigenvalue weighted by Crippen LogP contribution is -2.26. The Bertz CT molecular complexity index is 805. The Morgan fingerprint density at radius 2 is 1.96 bits per heavy atom. The average molecular weight is 372 g/mol. The van der Waals surface area contributed by atoms with Gasteiger partial charge in [-0.05, 0) is 49.1 Å². The maximum absolute atomic E-state index is 12.7. The summed E-state index contributed by atoms with van der Waals surface area (Å²) in [4.78, 5) is 17.3. The van der Waals surface area contributed by atoms with Gasteiger partial charge in [-0.3, -0.25) is 9.69 Å². The van der Waals surface area contributed by atoms with Crippen LogP contribution in [0.5, 0.6) is 11.5 Å². The van der Waals surface area contributed by atoms with Crippen LogP contribution in [0.4, 0.5) is 0 Å². The molecule has 1 fully saturated rings. The number of nitrogens with zero attached hydrogens (tertiary/aromatic N) is 1. The first-order valence-electron chi connectivity index (χ1n) is 8.97. The van der Waals surface area contributed by atoms with Crippen molar-refractivity contribution in [3.63, 3.8) is 0 Å². The van der Waals surface area contributed by atoms with E-state index < -0.39 is 0 Å². The van der Waals surface area contributed by atoms with Gasteiger partial charge in [0.2, 0.25) is 0 Å². The standard InChI is InChI=1S/C20H24N2O3S/c1-12(13-4-7-16(24-2)17(8-13)25-3)21-20(23)18-9-14-10-22(15-5-6-15)11-19(14)26-18/h4,7-9,12,15H,5-6,10-11H2,1-3H3,(H,21,23)/t12-/m1/s1. The number of benzene rings is 1. The van der Waals surface area contributed by atoms with Crippen LogP contribution in [0.2, 0.25) is 0 Å². The van der Waals surface area contributed by atoms with Crippen LogP contribution in [0.15, 0.2) is 24.3 Å². The third kappa shape index (κ3) is 3.31. The molecule has 1 N–H and O–H groups in total. The fraction of sp³-hybridized carbons (Fsp3) is 0.450. The molecule has 5 nitrogen and oxygen atoms in total. The molecule has 138 valence electrons. The normalized spacial score (nSPS) is 17.7. The van der Waals surface area contributed by atoms with Gasteiger partial charge in [0, 0.05) is 24.0 Å². The highest BCUT2D eigenvalue weighted by Gasteiger charge is 2.34. The number of methoxy groups -OCH3 is 2. The van der Waals surface area contributed by atoms with Gasteiger partial charge in [-0.15, -0.1) is 11.3 Å². The molecule has 0 unspecified atom stereocenters. The minimum Gasteiger partial charge on any atom is -0.493 e. The van der Waals surface area contributed by atoms with Crippen LogP contribution in [-0.2, 0) is 13.1 Å². The van der Waals surface area contributed by atoms with Crippen molar-refractivity contribution in [1.29, 1.82) is 0 Å². The van der Waals surface area contributed by atoms with Crippen LogP contribution in [0.1, 0.15) is 51.5 Å². The molecule has 2 heterocycles. The summed E-state index contributed by atoms with van der Waals surface area (Å²) < 4.78 is 10.6. The van der Waals surface area contributed by atoms with Gasteiger partial charge in [0.15, 0.2) is 11.5 Å². The van der Waals surface area contributed by atoms with Gasteiger partial charge in [-0.25, -0.2) is 0 Å². The van der Waals surface area contributed by atoms with E-state index in [0.29, 0.717) is 11.5 Å². The van der Waals surface area contributed by atoms with Crippen LogP contribution >= 0.6 is 11.3 Å². The largest absolute Gasteiger partial charge is 0.493 e. The van der Waals surface area contributed by atoms with Gasteiger partial charge in [0.1, 0.15) is 0 Å². The lowest BCUT2D eigenvalue weighted by atomic mass is 10.1. The van der Waals surface area contributed by atoms with Crippen molar-refractivity contribution in [2.45, 2.75) is 44.9 Å². The Kier molecular flexibility index (Phi) is 4.63. The van der Waals surface area contributed by atoms with Crippen molar-refractivity contribution in [2.75, 3.05) is 14.2 Å². The van der Waals surface area contributed by atoms with Crippen molar-refractivity contribution >= 4 is 17.2 Å². The van der Waals surface area contributed by atoms with E-state index in [9.17, 15) is 4.79 Å². The van der Waals surface area contributed by atoms with E-state index in [2.05, 4.69) is 16.3 Å². The molecule has 1 aliphatic carbocycles. The molecular formula is C20H24N2O3S. The molecule has 0 bridgehead atoms. The molecule has 1 aromatic carbocycles. The Labute approximate surface area is 157 Å². The first-order valence-corrected chi connectivity index (χ1v) is 9.79. The molecule has 26 heavy (non-hydrogen) atoms. The molecule has 1 aliphatic heterocycles. The molecule has 2 aliphatic rings. The van der Waals surface area contributed by atoms with Crippen molar-refractivity contribution in [1.82, 2.24) is 10.2 Å². The van der Waals surface area contributed by atoms with Crippen LogP contribution in [0.3, 0.4) is 0 Å². The van der Waals surface area contributed by atoms with Crippen molar-refractivity contribution < 1.29 is 14.3 Å². The zero-order valence-corrected chi connectivity index (χ0v) is 16.2. The third-order valence-corrected chi connectivity index (χ3v) is 6.32. The van der Waals surface area contributed by atoms with E-state index in [0.717, 1.165) is 29.6 Å². The average Bonchev–Trinajstić information content (AvgIpc) is 3.30. The molecule has 6 heteroatoms. The predicted molar refractivity (Wildman–Crippen MR) is 102 cm³/mol. The van der Waals surface area contributed by atoms with Gasteiger partial charge < -0.3 is 14.8 Å². The molecule has 2 aromatic rings. The summed E-state index contributed by atoms with van der Waals surface area (Å²) in [7, 11) is 3.23. The Morgan fingerprint density at radius 3 is 2.62 bits per heavy atom. The lowest BCUT2D eigenvalue weighted by molar-refractivity contribution is 0.0943. The number of hydrogen-bond donors (Lipinski definition) is 1. The summed E-state index contributed by atoms with van der Waals surface area (Å²) in [6.45, 7) is 3.98. The van der Waals surface area contributed by atoms with E-state index in [4.69, 9.17) is 9.47 Å². The van der Waals surface area contributed by atoms with Gasteiger partial charge in [0.05, 0.1) is 25.1 Å². The first-order chi connectivity index (χ1) is 12.6. The molecule has 4 rings (SSSR count). The number of fused-ring (bicyclic) bond motifs is 1. The second kappa shape index (κ2) is 6.93. The van der Waals surface area contributed by atoms with Crippen molar-refractivity contribution in [2.24, 2.45) is 0 Å². The van der Waals surface area contributed by atoms with Crippen molar-refractivity contribution in [3.8, 4) is 11.5 Å². The summed E-state index contributed by atoms with van der Waals surface area (Å²) >= 11 is 1.63. The van der Waals surface area contributed by atoms with E-state index in [-0.39, 0.29) is 11.9 Å². The topological polar surface area (TPSA) is 50.8 Å². The zero-order chi connectivity index (χ0) is 18.3. The van der Waals surface area contributed by atoms with E-state index in [1.54, 1.807) is 25.6 Å². The first kappa shape index (κ1) is 17.4. The molecule has 0 spiro atoms. The highest BCUT2D eigenvalue weighted by Crippen LogP contribution is 2.38. The number of amides is 1. The maximum atomic E-state index is 12.7. The quantitative estimate of drug-likeness (QED) is 0.839. The molecule has 1 aromatic heterocycles. The number of nitrogens with one attached hydrogen (secondary N) is 1. The molecule has 0 saturated heterocycles. The molecule has 1 atom stereocenters. The minimum absolute atomic E-state index is 0.00958. The molecular weight excluding hydrogens is 348 g/mol. The lowest BCUT2D eigenvalue weighted by Gasteiger charge is -2.16. The second-order valence-corrected chi connectivity index (χ2v) is 8.14. The number of hydrogen-bond acceptors (Lipinski definition) is 5. The predicted octanol–water partition coefficient (Wildman–Crippen LogP) is 3.73. The van der Waals surface area contributed by atoms with Gasteiger partial charge in [-0.1, -0.05) is 6.07 Å². The molecule has 1 amide bonds. The van der Waals surface area contributed by atoms with Gasteiger partial charge in [-0.2, -0.15) is 0 Å². The summed E-state index contributed by atoms with van der Waals surface area (Å²) in [5.74, 6) is 1.34. The van der Waals surface area contributed by atoms with Gasteiger partial charge in [0.25, 0.3) is 5.91 Å². The highest BCUT2D eigenvalue weighted by atomic mass is 32.1. The van der Waals surface area contributed by atoms with Crippen LogP contribution in [-0.4, -0.2) is 31.1 Å². The van der Waals surface area contributed by atoms with Crippen LogP contribution in [0, 0.1) is 0 Å². The van der Waals surface area contributed by atoms with E-state index >= 15 is 0 Å². The minimum atomic E-state index is -0.109. The van der Waals surface area contributed by atoms with Crippen LogP contribution in [0.25, 0.3) is 0 Å². The summed E-state index contributed by atoms with van der Waals surface area (Å²) in [5.41, 5.74) is 2.31. The van der Waals surface area contributed by atoms with E-state index in [1.807, 2.05) is 25.1 Å². The summed E-state index contributed by atoms with van der Waals surface area (Å²) in [6, 6.07) is 8.46. The van der Waals surface area contributed by atoms with Gasteiger partial charge >= 0.3 is 0 Å². The third-order valence-electron chi connectivity index (χ3n) is 5.16. The number of rotatable bonds is 6. The molecule has 0 radical (unpaired) electrons. The number of ether oxygens (including phenoxy) is 2. The van der Waals surface area contributed by atoms with Crippen molar-refractivity contribution in [3.05, 3.63) is 45.1 Å². The van der Waals surface area contributed by atoms with Crippen LogP contribution < -0.4 is 14.8 Å². The number of thiophene rings is 1. The Morgan fingerprint density at radius 1 is 1.19 bits per heavy atom. The highest BCUT2D eigenvalue weighted by molar-refractivity contribution is 7.14. The molecule has 1 saturated carbocycles. The zero-order valence-electron chi connectivity index (χ0n) is 15.4. The SMILES string of the molecule is COc1ccc([C@@H](C)NC(=O)c2cc3c(s2)CN(C2CC2)C3)cc1OC. The monoisotopic (exact) mass is 372 g/mol.